The molecule has 2 heterocycles. The molecule has 12 atom stereocenters. The van der Waals surface area contributed by atoms with Crippen molar-refractivity contribution in [1.82, 2.24) is 5.32 Å². The lowest BCUT2D eigenvalue weighted by Crippen LogP contribution is -2.65. The van der Waals surface area contributed by atoms with Crippen LogP contribution >= 0.6 is 0 Å². The van der Waals surface area contributed by atoms with Gasteiger partial charge in [0.05, 0.1) is 32.0 Å². The number of ether oxygens (including phenoxy) is 4. The van der Waals surface area contributed by atoms with Crippen LogP contribution in [0.15, 0.2) is 134 Å². The van der Waals surface area contributed by atoms with Crippen molar-refractivity contribution in [1.29, 1.82) is 0 Å². The van der Waals surface area contributed by atoms with Crippen LogP contribution in [0.25, 0.3) is 0 Å². The highest BCUT2D eigenvalue weighted by Crippen LogP contribution is 2.30. The Hall–Kier alpha value is -3.87. The molecule has 0 saturated carbocycles. The second-order valence-corrected chi connectivity index (χ2v) is 27.1. The monoisotopic (exact) mass is 1370 g/mol. The molecule has 2 saturated heterocycles. The van der Waals surface area contributed by atoms with E-state index < -0.39 is 86.8 Å². The van der Waals surface area contributed by atoms with Crippen LogP contribution in [0.2, 0.25) is 0 Å². The van der Waals surface area contributed by atoms with Crippen LogP contribution in [-0.2, 0) is 23.7 Å². The number of hydrogen-bond donors (Lipinski definition) is 9. The zero-order chi connectivity index (χ0) is 70.8. The highest BCUT2D eigenvalue weighted by molar-refractivity contribution is 5.76. The van der Waals surface area contributed by atoms with Crippen LogP contribution in [0, 0.1) is 0 Å². The number of aliphatic hydroxyl groups excluding tert-OH is 8. The Morgan fingerprint density at radius 1 is 0.378 bits per heavy atom. The lowest BCUT2D eigenvalue weighted by molar-refractivity contribution is -0.359. The van der Waals surface area contributed by atoms with Gasteiger partial charge in [0.1, 0.15) is 48.8 Å². The molecule has 2 rings (SSSR count). The summed E-state index contributed by atoms with van der Waals surface area (Å²) in [6.07, 6.45) is 82.3. The number of hydrogen-bond acceptors (Lipinski definition) is 13. The van der Waals surface area contributed by atoms with Gasteiger partial charge in [0.25, 0.3) is 0 Å². The molecule has 2 fully saturated rings. The molecule has 0 radical (unpaired) electrons. The molecule has 14 nitrogen and oxygen atoms in total. The third-order valence-electron chi connectivity index (χ3n) is 18.3. The Bertz CT molecular complexity index is 2160. The minimum atomic E-state index is -1.80. The Labute approximate surface area is 596 Å². The van der Waals surface area contributed by atoms with Crippen molar-refractivity contribution < 1.29 is 64.6 Å². The van der Waals surface area contributed by atoms with Crippen LogP contribution in [0.4, 0.5) is 0 Å². The van der Waals surface area contributed by atoms with Gasteiger partial charge in [-0.2, -0.15) is 0 Å². The first-order valence-electron chi connectivity index (χ1n) is 39.4. The highest BCUT2D eigenvalue weighted by Gasteiger charge is 2.51. The summed E-state index contributed by atoms with van der Waals surface area (Å²) in [5, 5.41) is 87.6. The summed E-state index contributed by atoms with van der Waals surface area (Å²) < 4.78 is 22.9. The van der Waals surface area contributed by atoms with E-state index in [1.807, 2.05) is 6.08 Å². The number of nitrogens with one attached hydrogen (secondary N) is 1. The van der Waals surface area contributed by atoms with Gasteiger partial charge in [0.15, 0.2) is 12.6 Å². The van der Waals surface area contributed by atoms with Crippen LogP contribution in [0.1, 0.15) is 296 Å². The molecule has 1 amide bonds. The summed E-state index contributed by atoms with van der Waals surface area (Å²) in [4.78, 5) is 13.4. The number of aliphatic hydroxyl groups is 8. The number of rotatable bonds is 64. The van der Waals surface area contributed by atoms with Crippen molar-refractivity contribution in [3.8, 4) is 0 Å². The second-order valence-electron chi connectivity index (χ2n) is 27.1. The molecule has 98 heavy (non-hydrogen) atoms. The summed E-state index contributed by atoms with van der Waals surface area (Å²) in [5.74, 6) is -0.261. The van der Waals surface area contributed by atoms with Crippen LogP contribution < -0.4 is 5.32 Å². The molecule has 0 bridgehead atoms. The van der Waals surface area contributed by atoms with E-state index in [1.165, 1.54) is 161 Å². The maximum atomic E-state index is 13.4. The normalized spacial score (nSPS) is 22.8. The van der Waals surface area contributed by atoms with E-state index in [4.69, 9.17) is 18.9 Å². The van der Waals surface area contributed by atoms with Crippen LogP contribution in [-0.4, -0.2) is 140 Å². The quantitative estimate of drug-likeness (QED) is 0.0204. The fourth-order valence-corrected chi connectivity index (χ4v) is 12.1. The first-order valence-corrected chi connectivity index (χ1v) is 39.4. The van der Waals surface area contributed by atoms with Gasteiger partial charge in [-0.15, -0.1) is 0 Å². The molecule has 0 aromatic heterocycles. The van der Waals surface area contributed by atoms with Gasteiger partial charge in [-0.3, -0.25) is 4.79 Å². The molecule has 0 aromatic rings. The number of carbonyl (C=O) groups excluding carboxylic acids is 1. The van der Waals surface area contributed by atoms with Crippen molar-refractivity contribution in [3.05, 3.63) is 134 Å². The molecule has 14 heteroatoms. The van der Waals surface area contributed by atoms with E-state index in [2.05, 4.69) is 141 Å². The Morgan fingerprint density at radius 2 is 0.714 bits per heavy atom. The lowest BCUT2D eigenvalue weighted by atomic mass is 9.97. The molecule has 2 aliphatic rings. The van der Waals surface area contributed by atoms with Gasteiger partial charge in [-0.25, -0.2) is 0 Å². The molecular weight excluding hydrogens is 1230 g/mol. The minimum Gasteiger partial charge on any atom is -0.394 e. The van der Waals surface area contributed by atoms with E-state index in [-0.39, 0.29) is 18.9 Å². The first-order chi connectivity index (χ1) is 48.1. The predicted molar refractivity (Wildman–Crippen MR) is 405 cm³/mol. The van der Waals surface area contributed by atoms with Gasteiger partial charge >= 0.3 is 0 Å². The predicted octanol–water partition coefficient (Wildman–Crippen LogP) is 17.8. The molecule has 9 N–H and O–H groups in total. The van der Waals surface area contributed by atoms with Crippen molar-refractivity contribution >= 4 is 5.91 Å². The third-order valence-corrected chi connectivity index (χ3v) is 18.3. The molecule has 2 aliphatic heterocycles. The second kappa shape index (κ2) is 66.4. The van der Waals surface area contributed by atoms with E-state index in [9.17, 15) is 45.6 Å². The van der Waals surface area contributed by atoms with Gasteiger partial charge < -0.3 is 65.1 Å². The SMILES string of the molecule is CC/C=C\C/C=C\C/C=C\C/C=C\C/C=C\C/C=C\C/C=C\C/C=C\CCCCCCCCCCCCC(=O)NC(COC1OC(CO)C(OC2OC(CO)C(O)C(O)C2O)C(O)C1O)C(O)/C=C/CC/C=C/CC/C=C/CCCCCCCCCCCCCCCCCCCCC. The smallest absolute Gasteiger partial charge is 0.220 e. The summed E-state index contributed by atoms with van der Waals surface area (Å²) >= 11 is 0. The van der Waals surface area contributed by atoms with Crippen LogP contribution in [0.5, 0.6) is 0 Å². The number of amides is 1. The summed E-state index contributed by atoms with van der Waals surface area (Å²) in [5.41, 5.74) is 0. The Kier molecular flexibility index (Phi) is 61.1. The molecule has 0 aliphatic carbocycles. The summed E-state index contributed by atoms with van der Waals surface area (Å²) in [6.45, 7) is 2.68. The van der Waals surface area contributed by atoms with Crippen molar-refractivity contribution in [2.45, 2.75) is 370 Å². The van der Waals surface area contributed by atoms with Gasteiger partial charge in [0, 0.05) is 6.42 Å². The van der Waals surface area contributed by atoms with Crippen molar-refractivity contribution in [2.75, 3.05) is 19.8 Å². The number of allylic oxidation sites excluding steroid dienone is 21. The molecule has 562 valence electrons. The van der Waals surface area contributed by atoms with Gasteiger partial charge in [0.2, 0.25) is 5.91 Å². The van der Waals surface area contributed by atoms with E-state index >= 15 is 0 Å². The summed E-state index contributed by atoms with van der Waals surface area (Å²) in [6, 6.07) is -0.952. The average Bonchev–Trinajstić information content (AvgIpc) is 0.797. The number of carbonyl (C=O) groups is 1. The highest BCUT2D eigenvalue weighted by atomic mass is 16.7. The molecule has 0 spiro atoms. The largest absolute Gasteiger partial charge is 0.394 e. The van der Waals surface area contributed by atoms with E-state index in [1.54, 1.807) is 6.08 Å². The average molecular weight is 1380 g/mol. The Balaban J connectivity index is 1.67. The van der Waals surface area contributed by atoms with E-state index in [0.29, 0.717) is 12.8 Å². The van der Waals surface area contributed by atoms with Gasteiger partial charge in [-0.05, 0) is 109 Å². The molecule has 0 aromatic carbocycles. The fourth-order valence-electron chi connectivity index (χ4n) is 12.1. The maximum Gasteiger partial charge on any atom is 0.220 e. The maximum absolute atomic E-state index is 13.4. The van der Waals surface area contributed by atoms with Crippen LogP contribution in [0.3, 0.4) is 0 Å². The topological polar surface area (TPSA) is 228 Å². The Morgan fingerprint density at radius 3 is 1.12 bits per heavy atom. The molecular formula is C84H143NO13. The number of unbranched alkanes of at least 4 members (excludes halogenated alkanes) is 31. The first kappa shape index (κ1) is 90.2. The summed E-state index contributed by atoms with van der Waals surface area (Å²) in [7, 11) is 0. The zero-order valence-electron chi connectivity index (χ0n) is 61.5. The minimum absolute atomic E-state index is 0.256. The lowest BCUT2D eigenvalue weighted by Gasteiger charge is -2.46. The third kappa shape index (κ3) is 48.9. The van der Waals surface area contributed by atoms with Gasteiger partial charge in [-0.1, -0.05) is 314 Å². The standard InChI is InChI=1S/C84H143NO13/c1-3-5-7-9-11-13-15-17-19-21-23-25-27-29-31-33-34-35-36-37-38-40-42-44-46-48-50-52-54-56-58-60-62-64-66-68-76(89)85-72(71-95-83-81(94)79(92)82(75(70-87)97-83)98-84-80(93)78(91)77(90)74(69-86)96-84)73(88)67-65-63-61-59-57-55-53-51-49-47-45-43-41-39-32-30-28-26-24-22-20-18-16-14-12-10-8-6-4-2/h5,7,11,13,17,19,23,25,29,31,34-35,37-38,42,44,49,51,57,59,65,67,72-75,77-84,86-88,90-94H,3-4,6,8-10,12,14-16,18,20-22,24,26-28,30,32-33,36,39-41,43,45-48,50,52-56,58,60-64,66,68-71H2,1-2H3,(H,85,89)/b7-5-,13-11-,19-17-,25-23-,31-29-,35-34-,38-37-,44-42-,51-49+,59-57+,67-65+. The van der Waals surface area contributed by atoms with Crippen molar-refractivity contribution in [2.24, 2.45) is 0 Å². The van der Waals surface area contributed by atoms with E-state index in [0.717, 1.165) is 103 Å². The fraction of sp³-hybridized carbons (Fsp3) is 0.726. The molecule has 12 unspecified atom stereocenters. The zero-order valence-corrected chi connectivity index (χ0v) is 61.5. The van der Waals surface area contributed by atoms with Crippen molar-refractivity contribution in [3.63, 3.8) is 0 Å².